The summed E-state index contributed by atoms with van der Waals surface area (Å²) in [5.74, 6) is -0.527. The first-order valence-electron chi connectivity index (χ1n) is 7.72. The van der Waals surface area contributed by atoms with Crippen LogP contribution >= 0.6 is 0 Å². The van der Waals surface area contributed by atoms with Gasteiger partial charge in [-0.05, 0) is 27.2 Å². The second-order valence-electron chi connectivity index (χ2n) is 7.31. The van der Waals surface area contributed by atoms with E-state index in [0.29, 0.717) is 26.1 Å². The standard InChI is InChI=1S/C14H25N3O5S/c1-14(2,3)22-13(19)16-5-4-11(8-16)17-7-10(6-12(17)18)9-23(15,20)21/h10-11H,4-9H2,1-3H3,(H2,15,20,21)/t10?,11-/m1/s1. The van der Waals surface area contributed by atoms with Crippen molar-refractivity contribution in [1.82, 2.24) is 9.80 Å². The zero-order chi connectivity index (χ0) is 17.4. The molecule has 2 fully saturated rings. The Morgan fingerprint density at radius 2 is 2.00 bits per heavy atom. The number of ether oxygens (including phenoxy) is 1. The van der Waals surface area contributed by atoms with Gasteiger partial charge in [-0.2, -0.15) is 0 Å². The lowest BCUT2D eigenvalue weighted by atomic mass is 10.1. The van der Waals surface area contributed by atoms with Gasteiger partial charge in [-0.15, -0.1) is 0 Å². The number of primary sulfonamides is 1. The summed E-state index contributed by atoms with van der Waals surface area (Å²) < 4.78 is 27.7. The van der Waals surface area contributed by atoms with Crippen molar-refractivity contribution >= 4 is 22.0 Å². The second-order valence-corrected chi connectivity index (χ2v) is 8.97. The average Bonchev–Trinajstić information content (AvgIpc) is 2.91. The number of amides is 2. The quantitative estimate of drug-likeness (QED) is 0.780. The van der Waals surface area contributed by atoms with Crippen LogP contribution in [0.1, 0.15) is 33.6 Å². The van der Waals surface area contributed by atoms with Gasteiger partial charge in [0.1, 0.15) is 5.60 Å². The van der Waals surface area contributed by atoms with Crippen LogP contribution in [0.25, 0.3) is 0 Å². The second kappa shape index (κ2) is 6.27. The number of nitrogens with zero attached hydrogens (tertiary/aromatic N) is 2. The molecule has 0 spiro atoms. The number of rotatable bonds is 3. The summed E-state index contributed by atoms with van der Waals surface area (Å²) in [4.78, 5) is 27.5. The number of hydrogen-bond donors (Lipinski definition) is 1. The topological polar surface area (TPSA) is 110 Å². The van der Waals surface area contributed by atoms with Crippen molar-refractivity contribution in [2.45, 2.75) is 45.3 Å². The van der Waals surface area contributed by atoms with Crippen LogP contribution in [-0.2, 0) is 19.6 Å². The Morgan fingerprint density at radius 3 is 2.57 bits per heavy atom. The maximum Gasteiger partial charge on any atom is 0.410 e. The predicted molar refractivity (Wildman–Crippen MR) is 84.0 cm³/mol. The minimum atomic E-state index is -3.59. The third-order valence-electron chi connectivity index (χ3n) is 3.96. The minimum absolute atomic E-state index is 0.0744. The molecular weight excluding hydrogens is 322 g/mol. The third kappa shape index (κ3) is 5.07. The highest BCUT2D eigenvalue weighted by molar-refractivity contribution is 7.89. The number of carbonyl (C=O) groups is 2. The monoisotopic (exact) mass is 347 g/mol. The molecule has 2 rings (SSSR count). The molecule has 2 heterocycles. The molecule has 2 amide bonds. The molecule has 0 aliphatic carbocycles. The third-order valence-corrected chi connectivity index (χ3v) is 4.90. The molecule has 2 aliphatic heterocycles. The maximum atomic E-state index is 12.1. The summed E-state index contributed by atoms with van der Waals surface area (Å²) in [6.45, 7) is 6.75. The Kier molecular flexibility index (Phi) is 4.91. The van der Waals surface area contributed by atoms with E-state index >= 15 is 0 Å². The summed E-state index contributed by atoms with van der Waals surface area (Å²) in [5.41, 5.74) is -0.556. The SMILES string of the molecule is CC(C)(C)OC(=O)N1CC[C@@H](N2CC(CS(N)(=O)=O)CC2=O)C1. The fourth-order valence-corrected chi connectivity index (χ4v) is 3.97. The van der Waals surface area contributed by atoms with Gasteiger partial charge in [-0.3, -0.25) is 4.79 Å². The highest BCUT2D eigenvalue weighted by Crippen LogP contribution is 2.26. The number of likely N-dealkylation sites (tertiary alicyclic amines) is 2. The number of nitrogens with two attached hydrogens (primary N) is 1. The molecule has 0 aromatic heterocycles. The molecule has 0 saturated carbocycles. The number of hydrogen-bond acceptors (Lipinski definition) is 5. The van der Waals surface area contributed by atoms with Crippen LogP contribution in [0.15, 0.2) is 0 Å². The molecule has 0 bridgehead atoms. The summed E-state index contributed by atoms with van der Waals surface area (Å²) in [6, 6.07) is -0.0829. The van der Waals surface area contributed by atoms with Crippen LogP contribution in [0.3, 0.4) is 0 Å². The largest absolute Gasteiger partial charge is 0.444 e. The van der Waals surface area contributed by atoms with Gasteiger partial charge in [0.15, 0.2) is 0 Å². The Hall–Kier alpha value is -1.35. The fourth-order valence-electron chi connectivity index (χ4n) is 3.09. The van der Waals surface area contributed by atoms with Crippen molar-refractivity contribution in [3.05, 3.63) is 0 Å². The lowest BCUT2D eigenvalue weighted by Gasteiger charge is -2.26. The first-order valence-corrected chi connectivity index (χ1v) is 9.44. The lowest BCUT2D eigenvalue weighted by Crippen LogP contribution is -2.41. The van der Waals surface area contributed by atoms with Gasteiger partial charge in [-0.1, -0.05) is 0 Å². The van der Waals surface area contributed by atoms with Gasteiger partial charge in [-0.25, -0.2) is 18.4 Å². The van der Waals surface area contributed by atoms with E-state index in [1.807, 2.05) is 0 Å². The Morgan fingerprint density at radius 1 is 1.35 bits per heavy atom. The van der Waals surface area contributed by atoms with E-state index in [2.05, 4.69) is 0 Å². The predicted octanol–water partition coefficient (Wildman–Crippen LogP) is 0.133. The van der Waals surface area contributed by atoms with Crippen LogP contribution in [0.2, 0.25) is 0 Å². The molecule has 2 saturated heterocycles. The van der Waals surface area contributed by atoms with E-state index < -0.39 is 15.6 Å². The zero-order valence-corrected chi connectivity index (χ0v) is 14.6. The van der Waals surface area contributed by atoms with Gasteiger partial charge in [0, 0.05) is 32.0 Å². The first kappa shape index (κ1) is 18.0. The molecule has 2 N–H and O–H groups in total. The molecule has 0 aromatic rings. The molecule has 0 aromatic carbocycles. The van der Waals surface area contributed by atoms with Gasteiger partial charge >= 0.3 is 6.09 Å². The summed E-state index contributed by atoms with van der Waals surface area (Å²) in [6.07, 6.45) is 0.486. The number of sulfonamides is 1. The molecule has 9 heteroatoms. The Labute approximate surface area is 137 Å². The summed E-state index contributed by atoms with van der Waals surface area (Å²) >= 11 is 0. The highest BCUT2D eigenvalue weighted by Gasteiger charge is 2.40. The molecule has 8 nitrogen and oxygen atoms in total. The van der Waals surface area contributed by atoms with Crippen LogP contribution in [0, 0.1) is 5.92 Å². The molecule has 132 valence electrons. The van der Waals surface area contributed by atoms with Crippen LogP contribution in [0.4, 0.5) is 4.79 Å². The van der Waals surface area contributed by atoms with E-state index in [1.54, 1.807) is 30.6 Å². The van der Waals surface area contributed by atoms with Crippen molar-refractivity contribution in [2.75, 3.05) is 25.4 Å². The summed E-state index contributed by atoms with van der Waals surface area (Å²) in [7, 11) is -3.59. The van der Waals surface area contributed by atoms with Gasteiger partial charge in [0.2, 0.25) is 15.9 Å². The van der Waals surface area contributed by atoms with E-state index in [0.717, 1.165) is 0 Å². The van der Waals surface area contributed by atoms with Gasteiger partial charge < -0.3 is 14.5 Å². The van der Waals surface area contributed by atoms with E-state index in [9.17, 15) is 18.0 Å². The van der Waals surface area contributed by atoms with Crippen molar-refractivity contribution in [1.29, 1.82) is 0 Å². The van der Waals surface area contributed by atoms with Crippen molar-refractivity contribution in [3.8, 4) is 0 Å². The molecule has 2 atom stereocenters. The Bertz CT molecular complexity index is 584. The fraction of sp³-hybridized carbons (Fsp3) is 0.857. The number of carbonyl (C=O) groups excluding carboxylic acids is 2. The van der Waals surface area contributed by atoms with Crippen molar-refractivity contribution in [2.24, 2.45) is 11.1 Å². The zero-order valence-electron chi connectivity index (χ0n) is 13.8. The van der Waals surface area contributed by atoms with Crippen LogP contribution < -0.4 is 5.14 Å². The summed E-state index contributed by atoms with van der Waals surface area (Å²) in [5, 5.41) is 5.05. The smallest absolute Gasteiger partial charge is 0.410 e. The minimum Gasteiger partial charge on any atom is -0.444 e. The first-order chi connectivity index (χ1) is 10.4. The van der Waals surface area contributed by atoms with Crippen molar-refractivity contribution < 1.29 is 22.7 Å². The van der Waals surface area contributed by atoms with Gasteiger partial charge in [0.05, 0.1) is 11.8 Å². The van der Waals surface area contributed by atoms with Gasteiger partial charge in [0.25, 0.3) is 0 Å². The van der Waals surface area contributed by atoms with E-state index in [-0.39, 0.29) is 36.1 Å². The molecule has 23 heavy (non-hydrogen) atoms. The molecule has 1 unspecified atom stereocenters. The molecular formula is C14H25N3O5S. The Balaban J connectivity index is 1.92. The van der Waals surface area contributed by atoms with E-state index in [4.69, 9.17) is 9.88 Å². The maximum absolute atomic E-state index is 12.1. The highest BCUT2D eigenvalue weighted by atomic mass is 32.2. The van der Waals surface area contributed by atoms with Crippen LogP contribution in [0.5, 0.6) is 0 Å². The van der Waals surface area contributed by atoms with Crippen LogP contribution in [-0.4, -0.2) is 67.2 Å². The van der Waals surface area contributed by atoms with E-state index in [1.165, 1.54) is 0 Å². The molecule has 0 radical (unpaired) electrons. The lowest BCUT2D eigenvalue weighted by molar-refractivity contribution is -0.129. The normalized spacial score (nSPS) is 26.0. The molecule has 2 aliphatic rings. The average molecular weight is 347 g/mol. The van der Waals surface area contributed by atoms with Crippen molar-refractivity contribution in [3.63, 3.8) is 0 Å².